The van der Waals surface area contributed by atoms with Gasteiger partial charge in [-0.2, -0.15) is 13.2 Å². The second-order valence-corrected chi connectivity index (χ2v) is 4.84. The Morgan fingerprint density at radius 3 is 2.16 bits per heavy atom. The second kappa shape index (κ2) is 9.75. The van der Waals surface area contributed by atoms with Crippen molar-refractivity contribution in [3.05, 3.63) is 24.3 Å². The van der Waals surface area contributed by atoms with Crippen molar-refractivity contribution in [1.82, 2.24) is 4.90 Å². The Kier molecular flexibility index (Phi) is 8.03. The minimum absolute atomic E-state index is 0.00507. The number of nitrogens with zero attached hydrogens (tertiary/aromatic N) is 1. The number of rotatable bonds is 9. The highest BCUT2D eigenvalue weighted by atomic mass is 19.4. The molecule has 0 bridgehead atoms. The third-order valence-electron chi connectivity index (χ3n) is 2.85. The van der Waals surface area contributed by atoms with Gasteiger partial charge in [-0.1, -0.05) is 12.1 Å². The number of benzene rings is 1. The molecule has 0 aliphatic carbocycles. The summed E-state index contributed by atoms with van der Waals surface area (Å²) in [6.45, 7) is 0.597. The minimum Gasteiger partial charge on any atom is -0.490 e. The molecule has 0 saturated heterocycles. The second-order valence-electron chi connectivity index (χ2n) is 4.84. The highest BCUT2D eigenvalue weighted by Gasteiger charge is 2.34. The summed E-state index contributed by atoms with van der Waals surface area (Å²) in [6, 6.07) is 6.46. The molecule has 0 aliphatic rings. The zero-order valence-electron chi connectivity index (χ0n) is 14.0. The minimum atomic E-state index is -4.65. The van der Waals surface area contributed by atoms with E-state index in [1.54, 1.807) is 25.1 Å². The number of carbonyl (C=O) groups excluding carboxylic acids is 2. The average molecular weight is 363 g/mol. The lowest BCUT2D eigenvalue weighted by atomic mass is 10.3. The van der Waals surface area contributed by atoms with Gasteiger partial charge < -0.3 is 19.1 Å². The van der Waals surface area contributed by atoms with E-state index < -0.39 is 37.7 Å². The molecule has 0 radical (unpaired) electrons. The topological polar surface area (TPSA) is 65.1 Å². The smallest absolute Gasteiger partial charge is 0.406 e. The van der Waals surface area contributed by atoms with Gasteiger partial charge in [-0.15, -0.1) is 0 Å². The van der Waals surface area contributed by atoms with Crippen molar-refractivity contribution >= 4 is 11.9 Å². The van der Waals surface area contributed by atoms with Crippen LogP contribution in [0.25, 0.3) is 0 Å². The van der Waals surface area contributed by atoms with E-state index >= 15 is 0 Å². The summed E-state index contributed by atoms with van der Waals surface area (Å²) >= 11 is 0. The Balaban J connectivity index is 2.75. The highest BCUT2D eigenvalue weighted by Crippen LogP contribution is 2.26. The number of carbonyl (C=O) groups is 2. The van der Waals surface area contributed by atoms with Gasteiger partial charge in [0.2, 0.25) is 0 Å². The molecule has 1 aromatic rings. The van der Waals surface area contributed by atoms with Gasteiger partial charge in [0.1, 0.15) is 13.1 Å². The summed E-state index contributed by atoms with van der Waals surface area (Å²) in [5, 5.41) is 0. The lowest BCUT2D eigenvalue weighted by Crippen LogP contribution is -2.44. The number of alkyl halides is 3. The normalized spacial score (nSPS) is 10.9. The fraction of sp³-hybridized carbons (Fsp3) is 0.500. The van der Waals surface area contributed by atoms with Crippen LogP contribution in [0.4, 0.5) is 13.2 Å². The number of hydrogen-bond acceptors (Lipinski definition) is 5. The van der Waals surface area contributed by atoms with Crippen LogP contribution in [-0.4, -0.2) is 55.9 Å². The van der Waals surface area contributed by atoms with Crippen molar-refractivity contribution in [3.63, 3.8) is 0 Å². The standard InChI is InChI=1S/C16H20F3NO5/c1-3-23-12-7-5-6-8-13(12)25-10-14(21)20(11-16(17,18)19)9-15(22)24-4-2/h5-8H,3-4,9-11H2,1-2H3. The molecule has 0 heterocycles. The van der Waals surface area contributed by atoms with Crippen LogP contribution in [0.2, 0.25) is 0 Å². The molecule has 140 valence electrons. The van der Waals surface area contributed by atoms with Crippen LogP contribution < -0.4 is 9.47 Å². The van der Waals surface area contributed by atoms with Gasteiger partial charge in [-0.3, -0.25) is 9.59 Å². The van der Waals surface area contributed by atoms with Crippen LogP contribution in [0.1, 0.15) is 13.8 Å². The molecule has 6 nitrogen and oxygen atoms in total. The number of para-hydroxylation sites is 2. The van der Waals surface area contributed by atoms with E-state index in [4.69, 9.17) is 9.47 Å². The molecule has 0 saturated carbocycles. The summed E-state index contributed by atoms with van der Waals surface area (Å²) in [6.07, 6.45) is -4.65. The molecular weight excluding hydrogens is 343 g/mol. The number of ether oxygens (including phenoxy) is 3. The van der Waals surface area contributed by atoms with Gasteiger partial charge in [0.25, 0.3) is 5.91 Å². The molecule has 9 heteroatoms. The van der Waals surface area contributed by atoms with Gasteiger partial charge in [0, 0.05) is 0 Å². The van der Waals surface area contributed by atoms with E-state index in [9.17, 15) is 22.8 Å². The Labute approximate surface area is 143 Å². The Bertz CT molecular complexity index is 577. The average Bonchev–Trinajstić information content (AvgIpc) is 2.52. The first-order chi connectivity index (χ1) is 11.8. The molecule has 0 aliphatic heterocycles. The zero-order chi connectivity index (χ0) is 18.9. The van der Waals surface area contributed by atoms with Crippen molar-refractivity contribution in [2.75, 3.05) is 32.9 Å². The maximum atomic E-state index is 12.6. The number of esters is 1. The first-order valence-electron chi connectivity index (χ1n) is 7.61. The summed E-state index contributed by atoms with van der Waals surface area (Å²) < 4.78 is 53.0. The van der Waals surface area contributed by atoms with E-state index in [2.05, 4.69) is 4.74 Å². The summed E-state index contributed by atoms with van der Waals surface area (Å²) in [5.74, 6) is -1.32. The molecule has 1 rings (SSSR count). The molecule has 0 spiro atoms. The molecule has 0 fully saturated rings. The number of halogens is 3. The third kappa shape index (κ3) is 7.77. The Morgan fingerprint density at radius 1 is 1.04 bits per heavy atom. The van der Waals surface area contributed by atoms with E-state index in [-0.39, 0.29) is 12.4 Å². The van der Waals surface area contributed by atoms with Crippen molar-refractivity contribution in [1.29, 1.82) is 0 Å². The maximum absolute atomic E-state index is 12.6. The fourth-order valence-corrected chi connectivity index (χ4v) is 1.89. The fourth-order valence-electron chi connectivity index (χ4n) is 1.89. The summed E-state index contributed by atoms with van der Waals surface area (Å²) in [4.78, 5) is 23.8. The van der Waals surface area contributed by atoms with Crippen LogP contribution in [0.5, 0.6) is 11.5 Å². The quantitative estimate of drug-likeness (QED) is 0.631. The maximum Gasteiger partial charge on any atom is 0.406 e. The molecule has 0 N–H and O–H groups in total. The van der Waals surface area contributed by atoms with Gasteiger partial charge >= 0.3 is 12.1 Å². The van der Waals surface area contributed by atoms with E-state index in [1.165, 1.54) is 13.0 Å². The Hall–Kier alpha value is -2.45. The van der Waals surface area contributed by atoms with E-state index in [0.29, 0.717) is 17.3 Å². The van der Waals surface area contributed by atoms with Crippen LogP contribution in [0.3, 0.4) is 0 Å². The third-order valence-corrected chi connectivity index (χ3v) is 2.85. The lowest BCUT2D eigenvalue weighted by molar-refractivity contribution is -0.168. The SMILES string of the molecule is CCOC(=O)CN(CC(F)(F)F)C(=O)COc1ccccc1OCC. The van der Waals surface area contributed by atoms with Gasteiger partial charge in [0.15, 0.2) is 18.1 Å². The lowest BCUT2D eigenvalue weighted by Gasteiger charge is -2.23. The number of hydrogen-bond donors (Lipinski definition) is 0. The molecule has 25 heavy (non-hydrogen) atoms. The highest BCUT2D eigenvalue weighted by molar-refractivity contribution is 5.83. The van der Waals surface area contributed by atoms with Gasteiger partial charge in [0.05, 0.1) is 13.2 Å². The van der Waals surface area contributed by atoms with Crippen LogP contribution in [0.15, 0.2) is 24.3 Å². The predicted molar refractivity (Wildman–Crippen MR) is 82.4 cm³/mol. The first-order valence-corrected chi connectivity index (χ1v) is 7.61. The van der Waals surface area contributed by atoms with Crippen LogP contribution in [0, 0.1) is 0 Å². The van der Waals surface area contributed by atoms with Crippen molar-refractivity contribution < 1.29 is 37.0 Å². The largest absolute Gasteiger partial charge is 0.490 e. The first kappa shape index (κ1) is 20.6. The van der Waals surface area contributed by atoms with Gasteiger partial charge in [-0.25, -0.2) is 0 Å². The van der Waals surface area contributed by atoms with Gasteiger partial charge in [-0.05, 0) is 26.0 Å². The van der Waals surface area contributed by atoms with Crippen molar-refractivity contribution in [2.24, 2.45) is 0 Å². The number of amides is 1. The Morgan fingerprint density at radius 2 is 1.64 bits per heavy atom. The van der Waals surface area contributed by atoms with E-state index in [1.807, 2.05) is 0 Å². The van der Waals surface area contributed by atoms with Crippen molar-refractivity contribution in [2.45, 2.75) is 20.0 Å². The summed E-state index contributed by atoms with van der Waals surface area (Å²) in [5.41, 5.74) is 0. The predicted octanol–water partition coefficient (Wildman–Crippen LogP) is 2.42. The van der Waals surface area contributed by atoms with Crippen LogP contribution in [-0.2, 0) is 14.3 Å². The van der Waals surface area contributed by atoms with E-state index in [0.717, 1.165) is 0 Å². The zero-order valence-corrected chi connectivity index (χ0v) is 14.0. The molecule has 0 atom stereocenters. The summed E-state index contributed by atoms with van der Waals surface area (Å²) in [7, 11) is 0. The molecule has 1 aromatic carbocycles. The molecular formula is C16H20F3NO5. The molecule has 0 unspecified atom stereocenters. The molecule has 0 aromatic heterocycles. The monoisotopic (exact) mass is 363 g/mol. The van der Waals surface area contributed by atoms with Crippen LogP contribution >= 0.6 is 0 Å². The van der Waals surface area contributed by atoms with Crippen molar-refractivity contribution in [3.8, 4) is 11.5 Å². The molecule has 1 amide bonds.